The molecule has 0 aliphatic carbocycles. The van der Waals surface area contributed by atoms with E-state index in [0.29, 0.717) is 52.1 Å². The minimum Gasteiger partial charge on any atom is -0.496 e. The number of hydrogen-bond acceptors (Lipinski definition) is 11. The van der Waals surface area contributed by atoms with E-state index in [2.05, 4.69) is 68.8 Å². The highest BCUT2D eigenvalue weighted by molar-refractivity contribution is 14.1. The van der Waals surface area contributed by atoms with E-state index in [0.717, 1.165) is 35.5 Å². The summed E-state index contributed by atoms with van der Waals surface area (Å²) in [4.78, 5) is 55.0. The first-order chi connectivity index (χ1) is 28.6. The van der Waals surface area contributed by atoms with Crippen LogP contribution in [0.1, 0.15) is 83.9 Å². The van der Waals surface area contributed by atoms with Gasteiger partial charge in [0, 0.05) is 55.7 Å². The van der Waals surface area contributed by atoms with Gasteiger partial charge in [0.25, 0.3) is 0 Å². The maximum absolute atomic E-state index is 13.0. The van der Waals surface area contributed by atoms with Crippen LogP contribution in [0, 0.1) is 14.1 Å². The second-order valence-electron chi connectivity index (χ2n) is 16.3. The Hall–Kier alpha value is -2.98. The lowest BCUT2D eigenvalue weighted by atomic mass is 10.0. The topological polar surface area (TPSA) is 197 Å². The minimum atomic E-state index is -1.08. The largest absolute Gasteiger partial charge is 0.496 e. The Morgan fingerprint density at radius 3 is 1.48 bits per heavy atom. The van der Waals surface area contributed by atoms with Crippen molar-refractivity contribution in [1.29, 1.82) is 0 Å². The maximum atomic E-state index is 13.0. The van der Waals surface area contributed by atoms with Crippen LogP contribution < -0.4 is 36.3 Å². The van der Waals surface area contributed by atoms with Crippen LogP contribution in [0.15, 0.2) is 24.3 Å². The number of halogens is 2. The van der Waals surface area contributed by atoms with E-state index in [1.54, 1.807) is 48.9 Å². The highest BCUT2D eigenvalue weighted by atomic mass is 127. The summed E-state index contributed by atoms with van der Waals surface area (Å²) < 4.78 is 30.8. The van der Waals surface area contributed by atoms with Gasteiger partial charge in [0.1, 0.15) is 28.3 Å². The SMILES string of the molecule is COc1cc(CC(C)N)c(OCCCC(=O)N(C)C(C)(C)C(=O)NCCOCCOCCNC(=O)C(C)(C)N(C)C(=O)CCCOc2cc(I)c(C)cc2CC(C)N)cc1I. The molecule has 0 aromatic heterocycles. The number of likely N-dealkylation sites (N-methyl/N-ethyl adjacent to an activating group) is 2. The van der Waals surface area contributed by atoms with E-state index in [4.69, 9.17) is 35.2 Å². The molecule has 0 saturated carbocycles. The highest BCUT2D eigenvalue weighted by Gasteiger charge is 2.36. The van der Waals surface area contributed by atoms with Crippen molar-refractivity contribution in [2.45, 2.75) is 110 Å². The first-order valence-corrected chi connectivity index (χ1v) is 23.0. The number of carbonyl (C=O) groups is 4. The number of carbonyl (C=O) groups excluding carboxylic acids is 4. The fourth-order valence-electron chi connectivity index (χ4n) is 6.04. The molecule has 4 amide bonds. The number of nitrogens with one attached hydrogen (secondary N) is 2. The van der Waals surface area contributed by atoms with Gasteiger partial charge in [-0.3, -0.25) is 19.2 Å². The van der Waals surface area contributed by atoms with Crippen LogP contribution in [0.2, 0.25) is 0 Å². The molecule has 2 aromatic carbocycles. The first kappa shape index (κ1) is 54.2. The van der Waals surface area contributed by atoms with Gasteiger partial charge in [-0.05, 0) is 154 Å². The Morgan fingerprint density at radius 2 is 1.07 bits per heavy atom. The molecule has 0 heterocycles. The molecule has 0 fully saturated rings. The quantitative estimate of drug-likeness (QED) is 0.0679. The van der Waals surface area contributed by atoms with Crippen molar-refractivity contribution in [3.05, 3.63) is 48.1 Å². The van der Waals surface area contributed by atoms with E-state index < -0.39 is 11.1 Å². The molecule has 0 bridgehead atoms. The summed E-state index contributed by atoms with van der Waals surface area (Å²) >= 11 is 4.48. The number of amides is 4. The lowest BCUT2D eigenvalue weighted by molar-refractivity contribution is -0.144. The van der Waals surface area contributed by atoms with Crippen molar-refractivity contribution >= 4 is 68.8 Å². The lowest BCUT2D eigenvalue weighted by Gasteiger charge is -2.34. The van der Waals surface area contributed by atoms with E-state index in [1.807, 2.05) is 32.0 Å². The Kier molecular flexibility index (Phi) is 23.6. The predicted molar refractivity (Wildman–Crippen MR) is 255 cm³/mol. The molecule has 2 aromatic rings. The monoisotopic (exact) mass is 1080 g/mol. The summed E-state index contributed by atoms with van der Waals surface area (Å²) in [5.74, 6) is 1.34. The van der Waals surface area contributed by atoms with Crippen molar-refractivity contribution in [1.82, 2.24) is 20.4 Å². The Morgan fingerprint density at radius 1 is 0.656 bits per heavy atom. The summed E-state index contributed by atoms with van der Waals surface area (Å²) in [6, 6.07) is 7.90. The molecule has 344 valence electrons. The molecule has 2 unspecified atom stereocenters. The number of aryl methyl sites for hydroxylation is 1. The van der Waals surface area contributed by atoms with Crippen LogP contribution in [-0.2, 0) is 41.5 Å². The van der Waals surface area contributed by atoms with Gasteiger partial charge >= 0.3 is 0 Å². The summed E-state index contributed by atoms with van der Waals surface area (Å²) in [7, 11) is 4.87. The third-order valence-corrected chi connectivity index (χ3v) is 12.3. The van der Waals surface area contributed by atoms with E-state index >= 15 is 0 Å². The van der Waals surface area contributed by atoms with Crippen molar-refractivity contribution in [3.8, 4) is 17.2 Å². The van der Waals surface area contributed by atoms with Crippen molar-refractivity contribution in [2.24, 2.45) is 11.5 Å². The van der Waals surface area contributed by atoms with E-state index in [-0.39, 0.29) is 74.9 Å². The number of benzene rings is 2. The number of hydrogen-bond donors (Lipinski definition) is 4. The molecule has 17 heteroatoms. The van der Waals surface area contributed by atoms with Crippen LogP contribution in [0.25, 0.3) is 0 Å². The summed E-state index contributed by atoms with van der Waals surface area (Å²) in [5, 5.41) is 5.68. The summed E-state index contributed by atoms with van der Waals surface area (Å²) in [6.07, 6.45) is 2.76. The molecule has 0 aliphatic heterocycles. The maximum Gasteiger partial charge on any atom is 0.245 e. The molecular formula is C44H70I2N6O9. The Labute approximate surface area is 390 Å². The smallest absolute Gasteiger partial charge is 0.245 e. The molecule has 0 saturated heterocycles. The summed E-state index contributed by atoms with van der Waals surface area (Å²) in [6.45, 7) is 15.1. The van der Waals surface area contributed by atoms with E-state index in [1.165, 1.54) is 15.4 Å². The summed E-state index contributed by atoms with van der Waals surface area (Å²) in [5.41, 5.74) is 13.1. The van der Waals surface area contributed by atoms with Gasteiger partial charge < -0.3 is 55.6 Å². The van der Waals surface area contributed by atoms with Gasteiger partial charge in [-0.25, -0.2) is 0 Å². The van der Waals surface area contributed by atoms with Crippen LogP contribution in [0.3, 0.4) is 0 Å². The molecule has 0 spiro atoms. The normalized spacial score (nSPS) is 12.6. The third kappa shape index (κ3) is 18.0. The molecular weight excluding hydrogens is 1010 g/mol. The van der Waals surface area contributed by atoms with Gasteiger partial charge in [-0.1, -0.05) is 6.07 Å². The Balaban J connectivity index is 1.62. The van der Waals surface area contributed by atoms with Crippen LogP contribution in [-0.4, -0.2) is 131 Å². The molecule has 61 heavy (non-hydrogen) atoms. The fraction of sp³-hybridized carbons (Fsp3) is 0.636. The van der Waals surface area contributed by atoms with Gasteiger partial charge in [0.05, 0.1) is 50.3 Å². The number of nitrogens with zero attached hydrogens (tertiary/aromatic N) is 2. The highest BCUT2D eigenvalue weighted by Crippen LogP contribution is 2.31. The zero-order chi connectivity index (χ0) is 45.9. The van der Waals surface area contributed by atoms with Gasteiger partial charge in [0.2, 0.25) is 23.6 Å². The van der Waals surface area contributed by atoms with Gasteiger partial charge in [0.15, 0.2) is 0 Å². The molecule has 6 N–H and O–H groups in total. The van der Waals surface area contributed by atoms with Gasteiger partial charge in [-0.2, -0.15) is 0 Å². The average Bonchev–Trinajstić information content (AvgIpc) is 3.19. The van der Waals surface area contributed by atoms with Crippen molar-refractivity contribution < 1.29 is 42.9 Å². The van der Waals surface area contributed by atoms with Crippen LogP contribution in [0.5, 0.6) is 17.2 Å². The molecule has 15 nitrogen and oxygen atoms in total. The Bertz CT molecular complexity index is 1740. The molecule has 0 radical (unpaired) electrons. The minimum absolute atomic E-state index is 0.00116. The van der Waals surface area contributed by atoms with Gasteiger partial charge in [-0.15, -0.1) is 0 Å². The second-order valence-corrected chi connectivity index (χ2v) is 18.7. The van der Waals surface area contributed by atoms with Crippen LogP contribution >= 0.6 is 45.2 Å². The van der Waals surface area contributed by atoms with E-state index in [9.17, 15) is 19.2 Å². The standard InChI is InChI=1S/C44H70I2N6O9/c1-29-23-32(24-30(2)47)36(27-34(29)45)60-17-11-13-39(53)51(8)43(4,5)41(55)49-15-19-58-21-22-59-20-16-50-42(56)44(6,7)52(9)40(54)14-12-18-61-37-28-35(46)38(57-10)26-33(37)25-31(3)48/h23,26-28,30-31H,11-22,24-25,47-48H2,1-10H3,(H,49,55)(H,50,56). The lowest BCUT2D eigenvalue weighted by Crippen LogP contribution is -2.55. The zero-order valence-electron chi connectivity index (χ0n) is 37.8. The first-order valence-electron chi connectivity index (χ1n) is 20.8. The second kappa shape index (κ2) is 26.6. The van der Waals surface area contributed by atoms with Crippen molar-refractivity contribution in [3.63, 3.8) is 0 Å². The number of nitrogens with two attached hydrogens (primary N) is 2. The molecule has 0 aliphatic rings. The number of rotatable bonds is 28. The molecule has 2 atom stereocenters. The molecule has 2 rings (SSSR count). The number of ether oxygens (including phenoxy) is 5. The van der Waals surface area contributed by atoms with Crippen molar-refractivity contribution in [2.75, 3.05) is 73.9 Å². The predicted octanol–water partition coefficient (Wildman–Crippen LogP) is 4.75. The number of methoxy groups -OCH3 is 1. The fourth-order valence-corrected chi connectivity index (χ4v) is 7.14. The third-order valence-electron chi connectivity index (χ3n) is 10.3. The van der Waals surface area contributed by atoms with Crippen LogP contribution in [0.4, 0.5) is 0 Å². The zero-order valence-corrected chi connectivity index (χ0v) is 42.2. The average molecular weight is 1080 g/mol.